The summed E-state index contributed by atoms with van der Waals surface area (Å²) in [6.07, 6.45) is 8.39. The Hall–Kier alpha value is 18.9. The van der Waals surface area contributed by atoms with Gasteiger partial charge in [0.1, 0.15) is 37.1 Å². The fourth-order valence-electron chi connectivity index (χ4n) is 9.60. The predicted octanol–water partition coefficient (Wildman–Crippen LogP) is 8.79. The molecule has 5 aliphatic heterocycles. The maximum atomic E-state index is 10.6. The number of benzene rings is 3. The Kier molecular flexibility index (Phi) is 138. The largest absolute Gasteiger partial charge is 0.491 e. The number of nitrogens with zero attached hydrogens (tertiary/aromatic N) is 5. The first kappa shape index (κ1) is 143. The van der Waals surface area contributed by atoms with Crippen LogP contribution < -0.4 is 19.9 Å². The van der Waals surface area contributed by atoms with Gasteiger partial charge in [-0.2, -0.15) is 0 Å². The second kappa shape index (κ2) is 86.2. The smallest absolute Gasteiger partial charge is 0.137 e. The van der Waals surface area contributed by atoms with Gasteiger partial charge in [-0.25, -0.2) is 0 Å². The van der Waals surface area contributed by atoms with E-state index in [1.165, 1.54) is 64.5 Å². The fraction of sp³-hybridized carbons (Fsp3) is 0.660. The van der Waals surface area contributed by atoms with E-state index in [4.69, 9.17) is 66.3 Å². The summed E-state index contributed by atoms with van der Waals surface area (Å²) < 4.78 is 17.0. The number of ether oxygens (including phenoxy) is 3. The standard InChI is InChI=1S/C19H29ClN2O2.C18H28ClN3O2.C16H23Cl2NO2.20U/c1-15(14-22-7-2-3-8-22)19(23)16-5-6-18(17(20)13-16)24-12-11-21-9-4-10-21;19-15-12-14(18(23)16(20)13-22-6-1-2-7-22)4-5-17(15)24-11-10-21-8-3-9-21;1-12(11-19-7-2-3-8-19)16(20)13-4-5-15(14(18)10-13)21-9-6-17;;;;;;;;;;;;;;;;;;;;/h5-6,13,15,19,23H,2-4,7-12,14H2,1H3;4-5,12,16,18,23H,1-3,6-11,13,20H2;4-5,10,12,16,20H,2-3,6-9,11H2,1H3;;;;;;;;;;;;;;;;;;;;/t15-,19?;16-,18?;12-,16?;;;;;;;;;;;;;;;;;;;;/m111..................../s1. The molecule has 0 bridgehead atoms. The van der Waals surface area contributed by atoms with Crippen molar-refractivity contribution in [2.45, 2.75) is 89.6 Å². The Morgan fingerprint density at radius 3 is 0.865 bits per heavy atom. The van der Waals surface area contributed by atoms with Gasteiger partial charge in [-0.1, -0.05) is 66.8 Å². The van der Waals surface area contributed by atoms with E-state index in [1.54, 1.807) is 18.2 Å². The van der Waals surface area contributed by atoms with Crippen molar-refractivity contribution >= 4 is 46.4 Å². The zero-order valence-electron chi connectivity index (χ0n) is 51.1. The number of hydrogen-bond acceptors (Lipinski definition) is 12. The number of hydrogen-bond donors (Lipinski definition) is 4. The van der Waals surface area contributed by atoms with Crippen molar-refractivity contribution in [3.05, 3.63) is 86.4 Å². The van der Waals surface area contributed by atoms with Crippen molar-refractivity contribution < 1.29 is 652 Å². The van der Waals surface area contributed by atoms with Crippen molar-refractivity contribution in [2.24, 2.45) is 17.6 Å². The molecular formula is C53H80Cl4N6O6U20. The summed E-state index contributed by atoms with van der Waals surface area (Å²) in [4.78, 5) is 11.9. The molecule has 89 heavy (non-hydrogen) atoms. The third kappa shape index (κ3) is 57.6. The van der Waals surface area contributed by atoms with E-state index in [-0.39, 0.29) is 640 Å². The minimum atomic E-state index is -0.710. The van der Waals surface area contributed by atoms with E-state index in [2.05, 4.69) is 38.3 Å². The van der Waals surface area contributed by atoms with Crippen LogP contribution in [0.5, 0.6) is 17.2 Å². The summed E-state index contributed by atoms with van der Waals surface area (Å²) in [6, 6.07) is 16.3. The van der Waals surface area contributed by atoms with Gasteiger partial charge >= 0.3 is 0 Å². The summed E-state index contributed by atoms with van der Waals surface area (Å²) >= 11 is 24.5. The molecule has 3 unspecified atom stereocenters. The molecule has 3 aromatic carbocycles. The molecule has 5 heterocycles. The van der Waals surface area contributed by atoms with E-state index in [9.17, 15) is 15.3 Å². The van der Waals surface area contributed by atoms with Gasteiger partial charge in [0, 0.05) is 661 Å². The molecule has 0 aliphatic carbocycles. The summed E-state index contributed by atoms with van der Waals surface area (Å²) in [6.45, 7) is 21.8. The molecule has 5 aliphatic rings. The molecule has 0 saturated carbocycles. The van der Waals surface area contributed by atoms with Gasteiger partial charge in [-0.05, 0) is 182 Å². The number of likely N-dealkylation sites (tertiary alicyclic amines) is 5. The minimum Gasteiger partial charge on any atom is -0.491 e. The summed E-state index contributed by atoms with van der Waals surface area (Å²) in [5, 5.41) is 33.2. The summed E-state index contributed by atoms with van der Waals surface area (Å²) in [7, 11) is 0. The zero-order valence-corrected chi connectivity index (χ0v) is 137. The molecule has 36 heteroatoms. The normalized spacial score (nSPS) is 16.0. The van der Waals surface area contributed by atoms with Crippen LogP contribution in [0.4, 0.5) is 0 Å². The number of aliphatic hydroxyl groups excluding tert-OH is 3. The number of nitrogens with two attached hydrogens (primary N) is 1. The maximum absolute atomic E-state index is 10.6. The first-order chi connectivity index (χ1) is 33.4. The molecule has 5 saturated heterocycles. The van der Waals surface area contributed by atoms with Gasteiger partial charge in [0.05, 0.1) is 39.3 Å². The SMILES string of the molecule is C[C@H](CN1CCCC1)C(O)c1ccc(OCCCl)c(Cl)c1.C[C@H](CN1CCCC1)C(O)c1ccc(OCCN2CCC2)c(Cl)c1.N[C@H](CN1CCCC1)C(O)c1ccc(OCCN2CCC2)c(Cl)c1.[U].[U].[U].[U].[U].[U].[U].[U].[U].[U].[U].[U].[U].[U].[U].[U].[U].[U].[U].[U]. The van der Waals surface area contributed by atoms with Crippen LogP contribution in [0.25, 0.3) is 0 Å². The average Bonchev–Trinajstić information content (AvgIpc) is 4.14. The van der Waals surface area contributed by atoms with Gasteiger partial charge < -0.3 is 50.0 Å². The van der Waals surface area contributed by atoms with Crippen molar-refractivity contribution in [3.63, 3.8) is 0 Å². The molecule has 12 nitrogen and oxygen atoms in total. The summed E-state index contributed by atoms with van der Waals surface area (Å²) in [5.74, 6) is 2.78. The second-order valence-electron chi connectivity index (χ2n) is 19.7. The van der Waals surface area contributed by atoms with Crippen molar-refractivity contribution in [1.82, 2.24) is 24.5 Å². The Bertz CT molecular complexity index is 1920. The number of aliphatic hydroxyl groups is 3. The van der Waals surface area contributed by atoms with Crippen LogP contribution in [0.15, 0.2) is 54.6 Å². The van der Waals surface area contributed by atoms with E-state index >= 15 is 0 Å². The molecule has 6 atom stereocenters. The Balaban J connectivity index is -0.0000000640. The Labute approximate surface area is 1030 Å². The first-order valence-corrected chi connectivity index (χ1v) is 27.3. The molecule has 466 valence electrons. The van der Waals surface area contributed by atoms with Gasteiger partial charge in [0.15, 0.2) is 0 Å². The maximum Gasteiger partial charge on any atom is 0.137 e. The van der Waals surface area contributed by atoms with Crippen LogP contribution in [-0.2, 0) is 0 Å². The third-order valence-electron chi connectivity index (χ3n) is 14.1. The zero-order chi connectivity index (χ0) is 49.1. The van der Waals surface area contributed by atoms with Gasteiger partial charge in [-0.15, -0.1) is 11.6 Å². The van der Waals surface area contributed by atoms with Crippen LogP contribution in [0.1, 0.15) is 100 Å². The molecule has 0 aromatic heterocycles. The van der Waals surface area contributed by atoms with Crippen molar-refractivity contribution in [1.29, 1.82) is 0 Å². The Morgan fingerprint density at radius 1 is 0.371 bits per heavy atom. The summed E-state index contributed by atoms with van der Waals surface area (Å²) in [5.41, 5.74) is 8.65. The van der Waals surface area contributed by atoms with E-state index in [0.29, 0.717) is 64.6 Å². The minimum absolute atomic E-state index is 0. The average molecular weight is 5800 g/mol. The molecule has 0 radical (unpaired) electrons. The number of alkyl halides is 1. The molecule has 8 rings (SSSR count). The van der Waals surface area contributed by atoms with Crippen LogP contribution in [0, 0.1) is 634 Å². The van der Waals surface area contributed by atoms with E-state index in [1.807, 2.05) is 36.4 Å². The molecule has 3 aromatic rings. The van der Waals surface area contributed by atoms with Crippen LogP contribution in [0.2, 0.25) is 15.1 Å². The molecule has 5 fully saturated rings. The quantitative estimate of drug-likeness (QED) is 0.0678. The topological polar surface area (TPSA) is 131 Å². The van der Waals surface area contributed by atoms with E-state index in [0.717, 1.165) is 95.2 Å². The number of rotatable bonds is 23. The van der Waals surface area contributed by atoms with E-state index < -0.39 is 18.3 Å². The predicted molar refractivity (Wildman–Crippen MR) is 282 cm³/mol. The first-order valence-electron chi connectivity index (χ1n) is 25.6. The monoisotopic (exact) mass is 5800 g/mol. The van der Waals surface area contributed by atoms with Gasteiger partial charge in [-0.3, -0.25) is 9.80 Å². The number of halogens is 4. The van der Waals surface area contributed by atoms with Gasteiger partial charge in [0.25, 0.3) is 0 Å². The third-order valence-corrected chi connectivity index (χ3v) is 15.1. The van der Waals surface area contributed by atoms with Crippen LogP contribution in [-0.4, -0.2) is 170 Å². The van der Waals surface area contributed by atoms with Gasteiger partial charge in [0.2, 0.25) is 0 Å². The van der Waals surface area contributed by atoms with Crippen molar-refractivity contribution in [2.75, 3.05) is 124 Å². The fourth-order valence-corrected chi connectivity index (χ4v) is 10.4. The second-order valence-corrected chi connectivity index (χ2v) is 21.3. The molecule has 0 amide bonds. The molecule has 0 spiro atoms. The Morgan fingerprint density at radius 2 is 0.618 bits per heavy atom. The van der Waals surface area contributed by atoms with Crippen molar-refractivity contribution in [3.8, 4) is 17.2 Å². The van der Waals surface area contributed by atoms with Crippen LogP contribution in [0.3, 0.4) is 0 Å². The molecule has 5 N–H and O–H groups in total. The van der Waals surface area contributed by atoms with Crippen LogP contribution >= 0.6 is 46.4 Å². The molecular weight excluding hydrogens is 5720 g/mol.